The summed E-state index contributed by atoms with van der Waals surface area (Å²) in [6.07, 6.45) is 7.49. The van der Waals surface area contributed by atoms with Crippen LogP contribution in [0.25, 0.3) is 0 Å². The van der Waals surface area contributed by atoms with Crippen molar-refractivity contribution >= 4 is 35.0 Å². The van der Waals surface area contributed by atoms with Crippen molar-refractivity contribution in [2.75, 3.05) is 0 Å². The first-order valence-electron chi connectivity index (χ1n) is 12.0. The topological polar surface area (TPSA) is 49.4 Å². The summed E-state index contributed by atoms with van der Waals surface area (Å²) in [5.41, 5.74) is 3.25. The van der Waals surface area contributed by atoms with Gasteiger partial charge >= 0.3 is 0 Å². The molecule has 1 aliphatic carbocycles. The summed E-state index contributed by atoms with van der Waals surface area (Å²) in [6.45, 7) is 4.24. The van der Waals surface area contributed by atoms with Gasteiger partial charge in [0.2, 0.25) is 11.8 Å². The number of carbonyl (C=O) groups excluding carboxylic acids is 2. The highest BCUT2D eigenvalue weighted by molar-refractivity contribution is 6.42. The Morgan fingerprint density at radius 1 is 0.970 bits per heavy atom. The van der Waals surface area contributed by atoms with Gasteiger partial charge in [0.05, 0.1) is 10.0 Å². The molecule has 178 valence electrons. The van der Waals surface area contributed by atoms with Gasteiger partial charge < -0.3 is 10.2 Å². The predicted octanol–water partition coefficient (Wildman–Crippen LogP) is 6.35. The van der Waals surface area contributed by atoms with Crippen LogP contribution in [0.3, 0.4) is 0 Å². The van der Waals surface area contributed by atoms with E-state index in [1.54, 1.807) is 17.0 Å². The highest BCUT2D eigenvalue weighted by atomic mass is 35.5. The SMILES string of the molecule is CCc1ccc(CCC(=O)N(Cc2ccc(Cl)c(Cl)c2)C(C)C(=O)NC2CCCCC2)cc1. The van der Waals surface area contributed by atoms with Gasteiger partial charge in [-0.25, -0.2) is 0 Å². The third-order valence-corrected chi connectivity index (χ3v) is 7.25. The molecule has 6 heteroatoms. The van der Waals surface area contributed by atoms with Crippen LogP contribution in [0.1, 0.15) is 69.1 Å². The monoisotopic (exact) mass is 488 g/mol. The Labute approximate surface area is 207 Å². The van der Waals surface area contributed by atoms with Crippen LogP contribution in [0, 0.1) is 0 Å². The molecule has 4 nitrogen and oxygen atoms in total. The van der Waals surface area contributed by atoms with Crippen molar-refractivity contribution in [1.82, 2.24) is 10.2 Å². The number of carbonyl (C=O) groups is 2. The molecular weight excluding hydrogens is 455 g/mol. The maximum atomic E-state index is 13.3. The summed E-state index contributed by atoms with van der Waals surface area (Å²) < 4.78 is 0. The lowest BCUT2D eigenvalue weighted by molar-refractivity contribution is -0.141. The van der Waals surface area contributed by atoms with Gasteiger partial charge in [0.1, 0.15) is 6.04 Å². The van der Waals surface area contributed by atoms with Gasteiger partial charge in [0.15, 0.2) is 0 Å². The zero-order valence-electron chi connectivity index (χ0n) is 19.6. The van der Waals surface area contributed by atoms with Crippen LogP contribution in [0.15, 0.2) is 42.5 Å². The predicted molar refractivity (Wildman–Crippen MR) is 136 cm³/mol. The van der Waals surface area contributed by atoms with Crippen molar-refractivity contribution in [3.63, 3.8) is 0 Å². The highest BCUT2D eigenvalue weighted by Crippen LogP contribution is 2.24. The van der Waals surface area contributed by atoms with E-state index in [4.69, 9.17) is 23.2 Å². The minimum absolute atomic E-state index is 0.0491. The van der Waals surface area contributed by atoms with Crippen LogP contribution in [-0.4, -0.2) is 28.8 Å². The summed E-state index contributed by atoms with van der Waals surface area (Å²) in [7, 11) is 0. The van der Waals surface area contributed by atoms with Gasteiger partial charge in [-0.3, -0.25) is 9.59 Å². The normalized spacial score (nSPS) is 15.2. The maximum absolute atomic E-state index is 13.3. The number of nitrogens with one attached hydrogen (secondary N) is 1. The fraction of sp³-hybridized carbons (Fsp3) is 0.481. The second-order valence-corrected chi connectivity index (χ2v) is 9.77. The van der Waals surface area contributed by atoms with E-state index in [0.29, 0.717) is 29.4 Å². The average Bonchev–Trinajstić information content (AvgIpc) is 2.83. The second-order valence-electron chi connectivity index (χ2n) is 8.96. The summed E-state index contributed by atoms with van der Waals surface area (Å²) in [5.74, 6) is -0.144. The number of rotatable bonds is 9. The Balaban J connectivity index is 1.71. The van der Waals surface area contributed by atoms with Crippen LogP contribution >= 0.6 is 23.2 Å². The first kappa shape index (κ1) is 25.6. The molecule has 0 bridgehead atoms. The van der Waals surface area contributed by atoms with E-state index in [1.807, 2.05) is 13.0 Å². The Morgan fingerprint density at radius 2 is 1.61 bits per heavy atom. The molecule has 0 aromatic heterocycles. The summed E-state index contributed by atoms with van der Waals surface area (Å²) in [6, 6.07) is 13.3. The molecule has 2 aromatic carbocycles. The lowest BCUT2D eigenvalue weighted by Gasteiger charge is -2.31. The number of aryl methyl sites for hydroxylation is 2. The van der Waals surface area contributed by atoms with Crippen molar-refractivity contribution in [3.05, 3.63) is 69.2 Å². The smallest absolute Gasteiger partial charge is 0.242 e. The summed E-state index contributed by atoms with van der Waals surface area (Å²) >= 11 is 12.3. The standard InChI is InChI=1S/C27H34Cl2N2O2/c1-3-20-9-11-21(12-10-20)14-16-26(32)31(18-22-13-15-24(28)25(29)17-22)19(2)27(33)30-23-7-5-4-6-8-23/h9-13,15,17,19,23H,3-8,14,16,18H2,1-2H3,(H,30,33). The van der Waals surface area contributed by atoms with Gasteiger partial charge in [0, 0.05) is 19.0 Å². The molecule has 1 N–H and O–H groups in total. The summed E-state index contributed by atoms with van der Waals surface area (Å²) in [5, 5.41) is 4.08. The molecule has 2 amide bonds. The molecule has 1 atom stereocenters. The number of hydrogen-bond acceptors (Lipinski definition) is 2. The maximum Gasteiger partial charge on any atom is 0.242 e. The van der Waals surface area contributed by atoms with Crippen LogP contribution in [-0.2, 0) is 29.0 Å². The minimum atomic E-state index is -0.573. The minimum Gasteiger partial charge on any atom is -0.352 e. The first-order valence-corrected chi connectivity index (χ1v) is 12.7. The van der Waals surface area contributed by atoms with E-state index < -0.39 is 6.04 Å². The Morgan fingerprint density at radius 3 is 2.24 bits per heavy atom. The quantitative estimate of drug-likeness (QED) is 0.446. The van der Waals surface area contributed by atoms with Crippen molar-refractivity contribution in [3.8, 4) is 0 Å². The molecule has 33 heavy (non-hydrogen) atoms. The highest BCUT2D eigenvalue weighted by Gasteiger charge is 2.28. The molecule has 1 unspecified atom stereocenters. The van der Waals surface area contributed by atoms with Crippen LogP contribution in [0.4, 0.5) is 0 Å². The van der Waals surface area contributed by atoms with Crippen molar-refractivity contribution in [2.45, 2.75) is 83.8 Å². The molecule has 0 spiro atoms. The zero-order chi connectivity index (χ0) is 23.8. The van der Waals surface area contributed by atoms with E-state index >= 15 is 0 Å². The van der Waals surface area contributed by atoms with Gasteiger partial charge in [-0.05, 0) is 61.4 Å². The average molecular weight is 489 g/mol. The van der Waals surface area contributed by atoms with Gasteiger partial charge in [-0.1, -0.05) is 79.7 Å². The molecule has 2 aromatic rings. The number of benzene rings is 2. The number of halogens is 2. The van der Waals surface area contributed by atoms with E-state index in [-0.39, 0.29) is 17.9 Å². The van der Waals surface area contributed by atoms with Gasteiger partial charge in [-0.15, -0.1) is 0 Å². The van der Waals surface area contributed by atoms with Crippen LogP contribution < -0.4 is 5.32 Å². The molecule has 3 rings (SSSR count). The molecule has 0 saturated heterocycles. The molecule has 1 saturated carbocycles. The van der Waals surface area contributed by atoms with E-state index in [2.05, 4.69) is 36.5 Å². The second kappa shape index (κ2) is 12.4. The van der Waals surface area contributed by atoms with Crippen LogP contribution in [0.5, 0.6) is 0 Å². The zero-order valence-corrected chi connectivity index (χ0v) is 21.1. The van der Waals surface area contributed by atoms with E-state index in [9.17, 15) is 9.59 Å². The molecule has 1 aliphatic rings. The largest absolute Gasteiger partial charge is 0.352 e. The Kier molecular flexibility index (Phi) is 9.64. The fourth-order valence-electron chi connectivity index (χ4n) is 4.32. The number of hydrogen-bond donors (Lipinski definition) is 1. The van der Waals surface area contributed by atoms with Crippen molar-refractivity contribution < 1.29 is 9.59 Å². The van der Waals surface area contributed by atoms with Crippen LogP contribution in [0.2, 0.25) is 10.0 Å². The van der Waals surface area contributed by atoms with Gasteiger partial charge in [-0.2, -0.15) is 0 Å². The molecule has 0 aliphatic heterocycles. The van der Waals surface area contributed by atoms with Gasteiger partial charge in [0.25, 0.3) is 0 Å². The van der Waals surface area contributed by atoms with Crippen molar-refractivity contribution in [1.29, 1.82) is 0 Å². The molecule has 0 radical (unpaired) electrons. The fourth-order valence-corrected chi connectivity index (χ4v) is 4.64. The van der Waals surface area contributed by atoms with E-state index in [1.165, 1.54) is 12.0 Å². The van der Waals surface area contributed by atoms with E-state index in [0.717, 1.165) is 43.2 Å². The third kappa shape index (κ3) is 7.48. The Bertz CT molecular complexity index is 940. The number of amides is 2. The summed E-state index contributed by atoms with van der Waals surface area (Å²) in [4.78, 5) is 28.0. The Hall–Kier alpha value is -2.04. The first-order chi connectivity index (χ1) is 15.9. The van der Waals surface area contributed by atoms with Crippen molar-refractivity contribution in [2.24, 2.45) is 0 Å². The third-order valence-electron chi connectivity index (χ3n) is 6.51. The number of nitrogens with zero attached hydrogens (tertiary/aromatic N) is 1. The lowest BCUT2D eigenvalue weighted by Crippen LogP contribution is -2.50. The molecule has 0 heterocycles. The lowest BCUT2D eigenvalue weighted by atomic mass is 9.95. The molecule has 1 fully saturated rings. The molecular formula is C27H34Cl2N2O2.